The molecule has 2 atom stereocenters. The van der Waals surface area contributed by atoms with Crippen molar-refractivity contribution in [3.05, 3.63) is 30.1 Å². The molecule has 11 heteroatoms. The monoisotopic (exact) mass is 585 g/mol. The van der Waals surface area contributed by atoms with E-state index in [2.05, 4.69) is 13.8 Å². The van der Waals surface area contributed by atoms with E-state index < -0.39 is 23.7 Å². The average molecular weight is 586 g/mol. The smallest absolute Gasteiger partial charge is 0.410 e. The van der Waals surface area contributed by atoms with E-state index in [0.29, 0.717) is 64.5 Å². The summed E-state index contributed by atoms with van der Waals surface area (Å²) >= 11 is 0. The van der Waals surface area contributed by atoms with Gasteiger partial charge in [-0.05, 0) is 58.1 Å². The second-order valence-electron chi connectivity index (χ2n) is 12.8. The first-order valence-electron chi connectivity index (χ1n) is 15.2. The molecular weight excluding hydrogens is 538 g/mol. The Morgan fingerprint density at radius 2 is 1.81 bits per heavy atom. The Bertz CT molecular complexity index is 1230. The lowest BCUT2D eigenvalue weighted by Gasteiger charge is -2.44. The maximum atomic E-state index is 14.4. The lowest BCUT2D eigenvalue weighted by Crippen LogP contribution is -2.58. The van der Waals surface area contributed by atoms with Gasteiger partial charge in [-0.25, -0.2) is 9.78 Å². The number of aliphatic hydroxyl groups is 1. The van der Waals surface area contributed by atoms with Gasteiger partial charge in [0.15, 0.2) is 5.82 Å². The van der Waals surface area contributed by atoms with Crippen LogP contribution in [-0.2, 0) is 20.8 Å². The van der Waals surface area contributed by atoms with E-state index in [1.54, 1.807) is 9.80 Å². The maximum absolute atomic E-state index is 14.4. The second kappa shape index (κ2) is 13.9. The third-order valence-corrected chi connectivity index (χ3v) is 7.65. The molecule has 2 aliphatic heterocycles. The molecule has 1 aromatic carbocycles. The molecule has 2 aromatic rings. The number of fused-ring (bicyclic) bond motifs is 1. The van der Waals surface area contributed by atoms with Crippen LogP contribution >= 0.6 is 0 Å². The number of likely N-dealkylation sites (tertiary alicyclic amines) is 1. The number of benzene rings is 1. The Hall–Kier alpha value is -3.18. The molecular formula is C31H47N5O6. The van der Waals surface area contributed by atoms with Crippen LogP contribution in [-0.4, -0.2) is 111 Å². The van der Waals surface area contributed by atoms with E-state index in [0.717, 1.165) is 11.0 Å². The topological polar surface area (TPSA) is 117 Å². The average Bonchev–Trinajstić information content (AvgIpc) is 3.33. The number of aromatic nitrogens is 2. The van der Waals surface area contributed by atoms with Gasteiger partial charge in [-0.15, -0.1) is 0 Å². The van der Waals surface area contributed by atoms with Gasteiger partial charge in [-0.1, -0.05) is 26.0 Å². The molecule has 0 aliphatic carbocycles. The van der Waals surface area contributed by atoms with Gasteiger partial charge >= 0.3 is 6.09 Å². The van der Waals surface area contributed by atoms with Crippen molar-refractivity contribution in [3.8, 4) is 0 Å². The highest BCUT2D eigenvalue weighted by Gasteiger charge is 2.41. The van der Waals surface area contributed by atoms with Gasteiger partial charge in [0.1, 0.15) is 5.60 Å². The normalized spacial score (nSPS) is 19.8. The van der Waals surface area contributed by atoms with Crippen LogP contribution in [0.15, 0.2) is 24.3 Å². The molecule has 3 amide bonds. The quantitative estimate of drug-likeness (QED) is 0.449. The van der Waals surface area contributed by atoms with Gasteiger partial charge in [0.2, 0.25) is 5.91 Å². The number of ether oxygens (including phenoxy) is 2. The van der Waals surface area contributed by atoms with Crippen molar-refractivity contribution in [2.24, 2.45) is 11.8 Å². The Labute approximate surface area is 248 Å². The van der Waals surface area contributed by atoms with Crippen LogP contribution < -0.4 is 0 Å². The minimum Gasteiger partial charge on any atom is -0.444 e. The summed E-state index contributed by atoms with van der Waals surface area (Å²) < 4.78 is 13.1. The third kappa shape index (κ3) is 7.80. The predicted molar refractivity (Wildman–Crippen MR) is 159 cm³/mol. The molecule has 0 spiro atoms. The van der Waals surface area contributed by atoms with E-state index in [1.165, 1.54) is 0 Å². The third-order valence-electron chi connectivity index (χ3n) is 7.65. The summed E-state index contributed by atoms with van der Waals surface area (Å²) in [7, 11) is 0. The Kier molecular flexibility index (Phi) is 10.5. The second-order valence-corrected chi connectivity index (χ2v) is 12.8. The summed E-state index contributed by atoms with van der Waals surface area (Å²) in [5.74, 6) is -0.242. The summed E-state index contributed by atoms with van der Waals surface area (Å²) in [6.07, 6.45) is 1.28. The highest BCUT2D eigenvalue weighted by Crippen LogP contribution is 2.28. The highest BCUT2D eigenvalue weighted by atomic mass is 16.6. The lowest BCUT2D eigenvalue weighted by atomic mass is 9.91. The molecule has 0 saturated carbocycles. The summed E-state index contributed by atoms with van der Waals surface area (Å²) in [6, 6.07) is 7.27. The van der Waals surface area contributed by atoms with E-state index in [1.807, 2.05) is 54.5 Å². The van der Waals surface area contributed by atoms with E-state index in [9.17, 15) is 19.5 Å². The van der Waals surface area contributed by atoms with Crippen molar-refractivity contribution in [1.82, 2.24) is 24.3 Å². The number of hydrogen-bond donors (Lipinski definition) is 1. The van der Waals surface area contributed by atoms with Gasteiger partial charge in [-0.2, -0.15) is 0 Å². The molecule has 0 bridgehead atoms. The fraction of sp³-hybridized carbons (Fsp3) is 0.677. The number of para-hydroxylation sites is 2. The molecule has 42 heavy (non-hydrogen) atoms. The van der Waals surface area contributed by atoms with Crippen LogP contribution in [0.3, 0.4) is 0 Å². The number of rotatable bonds is 9. The highest BCUT2D eigenvalue weighted by molar-refractivity contribution is 5.95. The first-order chi connectivity index (χ1) is 20.0. The number of carbonyl (C=O) groups excluding carboxylic acids is 3. The molecule has 1 N–H and O–H groups in total. The molecule has 2 aliphatic rings. The van der Waals surface area contributed by atoms with Gasteiger partial charge in [0.25, 0.3) is 5.91 Å². The first kappa shape index (κ1) is 31.7. The van der Waals surface area contributed by atoms with Crippen molar-refractivity contribution < 1.29 is 29.0 Å². The molecule has 0 unspecified atom stereocenters. The van der Waals surface area contributed by atoms with Crippen LogP contribution in [0.1, 0.15) is 64.5 Å². The summed E-state index contributed by atoms with van der Waals surface area (Å²) in [6.45, 7) is 13.1. The molecule has 1 aromatic heterocycles. The van der Waals surface area contributed by atoms with Gasteiger partial charge in [0.05, 0.1) is 36.2 Å². The Balaban J connectivity index is 1.69. The largest absolute Gasteiger partial charge is 0.444 e. The van der Waals surface area contributed by atoms with Crippen LogP contribution in [0.4, 0.5) is 4.79 Å². The Morgan fingerprint density at radius 1 is 1.10 bits per heavy atom. The standard InChI is InChI=1S/C31H47N5O6/c1-22(2)19-36(29(39)27-32-25-10-6-7-11-26(25)35(27)12-8-9-15-37)24-18-23(28(38)33-13-16-41-17-14-33)20-34(21-24)30(40)42-31(3,4)5/h6-7,10-11,22-24,37H,8-9,12-21H2,1-5H3/t23-,24+/m1/s1. The molecule has 4 rings (SSSR count). The molecule has 2 fully saturated rings. The molecule has 11 nitrogen and oxygen atoms in total. The van der Waals surface area contributed by atoms with Crippen molar-refractivity contribution in [3.63, 3.8) is 0 Å². The molecule has 2 saturated heterocycles. The van der Waals surface area contributed by atoms with Gasteiger partial charge < -0.3 is 33.8 Å². The van der Waals surface area contributed by atoms with E-state index in [4.69, 9.17) is 14.5 Å². The number of aliphatic hydroxyl groups excluding tert-OH is 1. The van der Waals surface area contributed by atoms with Crippen LogP contribution in [0.2, 0.25) is 0 Å². The number of piperidine rings is 1. The van der Waals surface area contributed by atoms with E-state index >= 15 is 0 Å². The number of amides is 3. The molecule has 232 valence electrons. The summed E-state index contributed by atoms with van der Waals surface area (Å²) in [5, 5.41) is 9.37. The van der Waals surface area contributed by atoms with Crippen LogP contribution in [0, 0.1) is 11.8 Å². The fourth-order valence-corrected chi connectivity index (χ4v) is 5.76. The number of carbonyl (C=O) groups is 3. The molecule has 0 radical (unpaired) electrons. The predicted octanol–water partition coefficient (Wildman–Crippen LogP) is 3.39. The minimum atomic E-state index is -0.694. The molecule has 3 heterocycles. The maximum Gasteiger partial charge on any atom is 0.410 e. The minimum absolute atomic E-state index is 0.0234. The number of aryl methyl sites for hydroxylation is 1. The van der Waals surface area contributed by atoms with E-state index in [-0.39, 0.29) is 37.4 Å². The lowest BCUT2D eigenvalue weighted by molar-refractivity contribution is -0.142. The van der Waals surface area contributed by atoms with Crippen molar-refractivity contribution >= 4 is 28.9 Å². The van der Waals surface area contributed by atoms with Crippen LogP contribution in [0.5, 0.6) is 0 Å². The van der Waals surface area contributed by atoms with Gasteiger partial charge in [-0.3, -0.25) is 9.59 Å². The number of nitrogens with zero attached hydrogens (tertiary/aromatic N) is 5. The zero-order valence-corrected chi connectivity index (χ0v) is 25.8. The number of unbranched alkanes of at least 4 members (excludes halogenated alkanes) is 1. The summed E-state index contributed by atoms with van der Waals surface area (Å²) in [5.41, 5.74) is 0.900. The SMILES string of the molecule is CC(C)CN(C(=O)c1nc2ccccc2n1CCCCO)[C@H]1C[C@@H](C(=O)N2CCOCC2)CN(C(=O)OC(C)(C)C)C1. The fourth-order valence-electron chi connectivity index (χ4n) is 5.76. The first-order valence-corrected chi connectivity index (χ1v) is 15.2. The Morgan fingerprint density at radius 3 is 2.48 bits per heavy atom. The van der Waals surface area contributed by atoms with Crippen LogP contribution in [0.25, 0.3) is 11.0 Å². The van der Waals surface area contributed by atoms with Crippen molar-refractivity contribution in [1.29, 1.82) is 0 Å². The number of imidazole rings is 1. The summed E-state index contributed by atoms with van der Waals surface area (Å²) in [4.78, 5) is 51.4. The van der Waals surface area contributed by atoms with Crippen molar-refractivity contribution in [2.75, 3.05) is 52.5 Å². The zero-order valence-electron chi connectivity index (χ0n) is 25.8. The zero-order chi connectivity index (χ0) is 30.4. The number of hydrogen-bond acceptors (Lipinski definition) is 7. The van der Waals surface area contributed by atoms with Crippen molar-refractivity contribution in [2.45, 2.75) is 72.1 Å². The van der Waals surface area contributed by atoms with Gasteiger partial charge in [0, 0.05) is 45.9 Å². The number of morpholine rings is 1.